The van der Waals surface area contributed by atoms with Crippen LogP contribution in [-0.4, -0.2) is 36.5 Å². The van der Waals surface area contributed by atoms with Gasteiger partial charge in [0, 0.05) is 17.6 Å². The summed E-state index contributed by atoms with van der Waals surface area (Å²) in [6.45, 7) is 12.4. The zero-order chi connectivity index (χ0) is 24.9. The first kappa shape index (κ1) is 26.5. The number of thiophene rings is 1. The lowest BCUT2D eigenvalue weighted by molar-refractivity contribution is 0.0995. The van der Waals surface area contributed by atoms with E-state index in [2.05, 4.69) is 44.9 Å². The van der Waals surface area contributed by atoms with Crippen LogP contribution in [-0.2, 0) is 11.0 Å². The molecule has 0 saturated heterocycles. The van der Waals surface area contributed by atoms with Gasteiger partial charge in [0.15, 0.2) is 8.32 Å². The maximum Gasteiger partial charge on any atom is 0.268 e. The van der Waals surface area contributed by atoms with Crippen molar-refractivity contribution in [2.45, 2.75) is 64.4 Å². The van der Waals surface area contributed by atoms with Gasteiger partial charge in [-0.25, -0.2) is 4.98 Å². The summed E-state index contributed by atoms with van der Waals surface area (Å²) in [5.41, 5.74) is 6.72. The Labute approximate surface area is 212 Å². The lowest BCUT2D eigenvalue weighted by atomic mass is 10.2. The van der Waals surface area contributed by atoms with Crippen LogP contribution >= 0.6 is 22.9 Å². The van der Waals surface area contributed by atoms with E-state index >= 15 is 0 Å². The van der Waals surface area contributed by atoms with Crippen molar-refractivity contribution in [2.24, 2.45) is 5.73 Å². The summed E-state index contributed by atoms with van der Waals surface area (Å²) in [6, 6.07) is 12.0. The van der Waals surface area contributed by atoms with E-state index in [0.29, 0.717) is 13.2 Å². The van der Waals surface area contributed by atoms with E-state index in [1.54, 1.807) is 23.9 Å². The maximum absolute atomic E-state index is 11.4. The van der Waals surface area contributed by atoms with Gasteiger partial charge >= 0.3 is 0 Å². The molecule has 0 bridgehead atoms. The minimum Gasteiger partial charge on any atom is -0.494 e. The van der Waals surface area contributed by atoms with Crippen LogP contribution in [0.5, 0.6) is 5.75 Å². The summed E-state index contributed by atoms with van der Waals surface area (Å²) in [6.07, 6.45) is 4.98. The van der Waals surface area contributed by atoms with Gasteiger partial charge < -0.3 is 19.5 Å². The van der Waals surface area contributed by atoms with Crippen LogP contribution in [0.1, 0.15) is 44.1 Å². The third-order valence-corrected chi connectivity index (χ3v) is 12.0. The zero-order valence-electron chi connectivity index (χ0n) is 20.5. The number of rotatable bonds is 11. The van der Waals surface area contributed by atoms with Crippen LogP contribution in [0.15, 0.2) is 48.9 Å². The summed E-state index contributed by atoms with van der Waals surface area (Å²) in [4.78, 5) is 16.6. The Morgan fingerprint density at radius 3 is 2.65 bits per heavy atom. The van der Waals surface area contributed by atoms with Crippen molar-refractivity contribution >= 4 is 37.2 Å². The number of nitrogens with zero attached hydrogens (tertiary/aromatic N) is 2. The monoisotopic (exact) mass is 519 g/mol. The SMILES string of the molecule is CC(C)(C)[Si](C)(C)OC(CCCOc1cccc(-c2ccc(Cl)s2)c1)Cn1cnc(C(N)=O)c1. The van der Waals surface area contributed by atoms with Crippen molar-refractivity contribution in [3.8, 4) is 16.2 Å². The molecule has 2 aromatic heterocycles. The largest absolute Gasteiger partial charge is 0.494 e. The smallest absolute Gasteiger partial charge is 0.268 e. The first-order valence-electron chi connectivity index (χ1n) is 11.4. The number of ether oxygens (including phenoxy) is 1. The number of nitrogens with two attached hydrogens (primary N) is 1. The highest BCUT2D eigenvalue weighted by Crippen LogP contribution is 2.38. The highest BCUT2D eigenvalue weighted by Gasteiger charge is 2.39. The summed E-state index contributed by atoms with van der Waals surface area (Å²) in [5.74, 6) is 0.311. The predicted octanol–water partition coefficient (Wildman–Crippen LogP) is 6.61. The van der Waals surface area contributed by atoms with Crippen molar-refractivity contribution in [1.82, 2.24) is 9.55 Å². The molecule has 0 spiro atoms. The van der Waals surface area contributed by atoms with Gasteiger partial charge in [0.1, 0.15) is 11.4 Å². The molecule has 9 heteroatoms. The Kier molecular flexibility index (Phi) is 8.62. The van der Waals surface area contributed by atoms with Gasteiger partial charge in [-0.05, 0) is 60.8 Å². The molecular formula is C25H34ClN3O3SSi. The normalized spacial score (nSPS) is 13.1. The molecule has 3 rings (SSSR count). The topological polar surface area (TPSA) is 79.4 Å². The number of halogens is 1. The molecule has 34 heavy (non-hydrogen) atoms. The molecular weight excluding hydrogens is 486 g/mol. The Balaban J connectivity index is 1.61. The van der Waals surface area contributed by atoms with Crippen molar-refractivity contribution in [1.29, 1.82) is 0 Å². The fraction of sp³-hybridized carbons (Fsp3) is 0.440. The fourth-order valence-corrected chi connectivity index (χ4v) is 5.73. The van der Waals surface area contributed by atoms with Crippen molar-refractivity contribution in [2.75, 3.05) is 6.61 Å². The number of primary amides is 1. The van der Waals surface area contributed by atoms with Gasteiger partial charge in [0.2, 0.25) is 0 Å². The number of amides is 1. The average Bonchev–Trinajstić information content (AvgIpc) is 3.39. The number of hydrogen-bond acceptors (Lipinski definition) is 5. The van der Waals surface area contributed by atoms with Gasteiger partial charge in [-0.15, -0.1) is 11.3 Å². The second-order valence-corrected chi connectivity index (χ2v) is 16.4. The lowest BCUT2D eigenvalue weighted by Gasteiger charge is -2.39. The highest BCUT2D eigenvalue weighted by atomic mass is 35.5. The minimum atomic E-state index is -1.98. The number of carbonyl (C=O) groups excluding carboxylic acids is 1. The third kappa shape index (κ3) is 7.18. The number of hydrogen-bond donors (Lipinski definition) is 1. The molecule has 1 unspecified atom stereocenters. The van der Waals surface area contributed by atoms with E-state index in [9.17, 15) is 4.79 Å². The summed E-state index contributed by atoms with van der Waals surface area (Å²) in [5, 5.41) is 0.0974. The van der Waals surface area contributed by atoms with Crippen LogP contribution in [0.2, 0.25) is 22.5 Å². The molecule has 1 amide bonds. The molecule has 0 aliphatic carbocycles. The van der Waals surface area contributed by atoms with Crippen molar-refractivity contribution in [3.05, 3.63) is 59.0 Å². The quantitative estimate of drug-likeness (QED) is 0.228. The van der Waals surface area contributed by atoms with Crippen LogP contribution in [0.25, 0.3) is 10.4 Å². The maximum atomic E-state index is 11.4. The molecule has 184 valence electrons. The van der Waals surface area contributed by atoms with Gasteiger partial charge in [0.05, 0.1) is 23.4 Å². The molecule has 1 aromatic carbocycles. The van der Waals surface area contributed by atoms with Crippen LogP contribution < -0.4 is 10.5 Å². The van der Waals surface area contributed by atoms with E-state index in [1.165, 1.54) is 0 Å². The molecule has 0 radical (unpaired) electrons. The molecule has 2 heterocycles. The molecule has 0 fully saturated rings. The summed E-state index contributed by atoms with van der Waals surface area (Å²) in [7, 11) is -1.98. The van der Waals surface area contributed by atoms with Gasteiger partial charge in [-0.2, -0.15) is 0 Å². The van der Waals surface area contributed by atoms with E-state index in [4.69, 9.17) is 26.5 Å². The molecule has 0 aliphatic rings. The molecule has 3 aromatic rings. The summed E-state index contributed by atoms with van der Waals surface area (Å²) >= 11 is 7.63. The molecule has 0 aliphatic heterocycles. The highest BCUT2D eigenvalue weighted by molar-refractivity contribution is 7.19. The van der Waals surface area contributed by atoms with E-state index < -0.39 is 14.2 Å². The number of imidazole rings is 1. The Morgan fingerprint density at radius 1 is 1.26 bits per heavy atom. The second kappa shape index (κ2) is 11.1. The average molecular weight is 520 g/mol. The summed E-state index contributed by atoms with van der Waals surface area (Å²) < 4.78 is 15.4. The predicted molar refractivity (Wildman–Crippen MR) is 142 cm³/mol. The second-order valence-electron chi connectivity index (χ2n) is 9.94. The van der Waals surface area contributed by atoms with E-state index in [0.717, 1.165) is 33.4 Å². The molecule has 6 nitrogen and oxygen atoms in total. The van der Waals surface area contributed by atoms with Gasteiger partial charge in [-0.1, -0.05) is 44.5 Å². The molecule has 2 N–H and O–H groups in total. The lowest BCUT2D eigenvalue weighted by Crippen LogP contribution is -2.45. The minimum absolute atomic E-state index is 0.0148. The van der Waals surface area contributed by atoms with Crippen molar-refractivity contribution < 1.29 is 14.0 Å². The fourth-order valence-electron chi connectivity index (χ4n) is 3.31. The van der Waals surface area contributed by atoms with Crippen LogP contribution in [0.3, 0.4) is 0 Å². The van der Waals surface area contributed by atoms with Crippen molar-refractivity contribution in [3.63, 3.8) is 0 Å². The Hall–Kier alpha value is -2.13. The number of carbonyl (C=O) groups is 1. The first-order chi connectivity index (χ1) is 15.9. The third-order valence-electron chi connectivity index (χ3n) is 6.20. The number of aromatic nitrogens is 2. The zero-order valence-corrected chi connectivity index (χ0v) is 23.1. The molecule has 0 saturated carbocycles. The van der Waals surface area contributed by atoms with Gasteiger partial charge in [0.25, 0.3) is 5.91 Å². The first-order valence-corrected chi connectivity index (χ1v) is 15.5. The van der Waals surface area contributed by atoms with Crippen LogP contribution in [0.4, 0.5) is 0 Å². The standard InChI is InChI=1S/C25H34ClN3O3SSi/c1-25(2,3)34(4,5)32-20(15-29-16-21(24(27)30)28-17-29)10-7-13-31-19-9-6-8-18(14-19)22-11-12-23(26)33-22/h6,8-9,11-12,14,16-17,20H,7,10,13,15H2,1-5H3,(H2,27,30). The van der Waals surface area contributed by atoms with E-state index in [-0.39, 0.29) is 16.8 Å². The molecule has 1 atom stereocenters. The number of benzene rings is 1. The Morgan fingerprint density at radius 2 is 2.03 bits per heavy atom. The van der Waals surface area contributed by atoms with Crippen LogP contribution in [0, 0.1) is 0 Å². The Bertz CT molecular complexity index is 1110. The van der Waals surface area contributed by atoms with E-state index in [1.807, 2.05) is 34.9 Å². The van der Waals surface area contributed by atoms with Gasteiger partial charge in [-0.3, -0.25) is 4.79 Å².